The van der Waals surface area contributed by atoms with Gasteiger partial charge >= 0.3 is 0 Å². The van der Waals surface area contributed by atoms with Gasteiger partial charge < -0.3 is 0 Å². The summed E-state index contributed by atoms with van der Waals surface area (Å²) in [7, 11) is 3.16. The largest absolute Gasteiger partial charge is 0.131 e. The van der Waals surface area contributed by atoms with Crippen LogP contribution in [0.15, 0.2) is 0 Å². The van der Waals surface area contributed by atoms with Crippen LogP contribution in [0.4, 0.5) is 0 Å². The third-order valence-corrected chi connectivity index (χ3v) is 5.57. The number of hydrogen-bond acceptors (Lipinski definition) is 0. The first-order chi connectivity index (χ1) is 7.64. The van der Waals surface area contributed by atoms with E-state index >= 15 is 0 Å². The molecule has 0 aromatic carbocycles. The molecule has 0 rings (SSSR count). The molecule has 2 atom stereocenters. The lowest BCUT2D eigenvalue weighted by atomic mass is 9.81. The number of unbranched alkanes of at least 4 members (excludes halogenated alkanes) is 4. The minimum absolute atomic E-state index is 0. The zero-order chi connectivity index (χ0) is 12.4. The lowest BCUT2D eigenvalue weighted by Crippen LogP contribution is -2.29. The highest BCUT2D eigenvalue weighted by Crippen LogP contribution is 2.39. The van der Waals surface area contributed by atoms with Crippen molar-refractivity contribution in [1.29, 1.82) is 0 Å². The maximum absolute atomic E-state index is 3.16. The van der Waals surface area contributed by atoms with Gasteiger partial charge in [0.15, 0.2) is 0 Å². The lowest BCUT2D eigenvalue weighted by Gasteiger charge is -2.36. The molecule has 106 valence electrons. The van der Waals surface area contributed by atoms with Gasteiger partial charge in [-0.25, -0.2) is 0 Å². The van der Waals surface area contributed by atoms with Crippen molar-refractivity contribution in [3.05, 3.63) is 0 Å². The summed E-state index contributed by atoms with van der Waals surface area (Å²) in [6.07, 6.45) is 12.5. The van der Waals surface area contributed by atoms with E-state index < -0.39 is 0 Å². The Morgan fingerprint density at radius 2 is 1.41 bits per heavy atom. The van der Waals surface area contributed by atoms with Gasteiger partial charge in [0.05, 0.1) is 0 Å². The SMILES string of the molecule is Br.CCCCCCCC(CC)C(P)(CC)CC. The van der Waals surface area contributed by atoms with Crippen LogP contribution in [-0.2, 0) is 0 Å². The maximum atomic E-state index is 3.16. The smallest absolute Gasteiger partial charge is 0.0127 e. The third kappa shape index (κ3) is 7.83. The summed E-state index contributed by atoms with van der Waals surface area (Å²) in [5.41, 5.74) is 0. The fraction of sp³-hybridized carbons (Fsp3) is 1.00. The average molecular weight is 325 g/mol. The monoisotopic (exact) mass is 324 g/mol. The highest BCUT2D eigenvalue weighted by Gasteiger charge is 2.28. The number of hydrogen-bond donors (Lipinski definition) is 0. The molecule has 0 bridgehead atoms. The van der Waals surface area contributed by atoms with Crippen LogP contribution in [0.3, 0.4) is 0 Å². The first-order valence-corrected chi connectivity index (χ1v) is 8.01. The van der Waals surface area contributed by atoms with Gasteiger partial charge in [-0.2, -0.15) is 0 Å². The molecule has 0 fully saturated rings. The van der Waals surface area contributed by atoms with Crippen LogP contribution in [0, 0.1) is 5.92 Å². The summed E-state index contributed by atoms with van der Waals surface area (Å²) < 4.78 is 0. The molecule has 2 unspecified atom stereocenters. The van der Waals surface area contributed by atoms with Gasteiger partial charge in [0, 0.05) is 0 Å². The van der Waals surface area contributed by atoms with Gasteiger partial charge in [0.2, 0.25) is 0 Å². The molecule has 17 heavy (non-hydrogen) atoms. The molecular weight excluding hydrogens is 291 g/mol. The molecule has 0 aromatic heterocycles. The van der Waals surface area contributed by atoms with Crippen molar-refractivity contribution < 1.29 is 0 Å². The van der Waals surface area contributed by atoms with E-state index in [0.29, 0.717) is 5.16 Å². The standard InChI is InChI=1S/C15H33P.BrH/c1-5-9-10-11-12-13-14(6-2)15(16,7-3)8-4;/h14H,5-13,16H2,1-4H3;1H. The van der Waals surface area contributed by atoms with Crippen LogP contribution < -0.4 is 0 Å². The number of halogens is 1. The Morgan fingerprint density at radius 1 is 0.882 bits per heavy atom. The second-order valence-corrected chi connectivity index (χ2v) is 6.40. The Bertz CT molecular complexity index is 155. The minimum atomic E-state index is 0. The first kappa shape index (κ1) is 20.2. The van der Waals surface area contributed by atoms with Gasteiger partial charge in [-0.05, 0) is 30.3 Å². The molecule has 0 spiro atoms. The van der Waals surface area contributed by atoms with Crippen molar-refractivity contribution in [2.24, 2.45) is 5.92 Å². The van der Waals surface area contributed by atoms with Crippen LogP contribution >= 0.6 is 26.2 Å². The van der Waals surface area contributed by atoms with Gasteiger partial charge in [0.1, 0.15) is 0 Å². The first-order valence-electron chi connectivity index (χ1n) is 7.43. The zero-order valence-corrected chi connectivity index (χ0v) is 15.3. The van der Waals surface area contributed by atoms with Crippen LogP contribution in [0.2, 0.25) is 0 Å². The van der Waals surface area contributed by atoms with E-state index in [1.54, 1.807) is 0 Å². The highest BCUT2D eigenvalue weighted by atomic mass is 79.9. The summed E-state index contributed by atoms with van der Waals surface area (Å²) in [6.45, 7) is 9.34. The maximum Gasteiger partial charge on any atom is -0.0127 e. The Kier molecular flexibility index (Phi) is 14.2. The predicted molar refractivity (Wildman–Crippen MR) is 90.5 cm³/mol. The molecule has 0 nitrogen and oxygen atoms in total. The van der Waals surface area contributed by atoms with Gasteiger partial charge in [-0.15, -0.1) is 26.2 Å². The van der Waals surface area contributed by atoms with Crippen LogP contribution in [0.5, 0.6) is 0 Å². The lowest BCUT2D eigenvalue weighted by molar-refractivity contribution is 0.313. The van der Waals surface area contributed by atoms with E-state index in [0.717, 1.165) is 5.92 Å². The van der Waals surface area contributed by atoms with Crippen molar-refractivity contribution >= 4 is 26.2 Å². The molecule has 0 saturated heterocycles. The fourth-order valence-electron chi connectivity index (χ4n) is 2.72. The van der Waals surface area contributed by atoms with E-state index in [1.807, 2.05) is 0 Å². The Balaban J connectivity index is 0. The molecule has 0 aliphatic carbocycles. The highest BCUT2D eigenvalue weighted by molar-refractivity contribution is 8.93. The van der Waals surface area contributed by atoms with E-state index in [9.17, 15) is 0 Å². The Labute approximate surface area is 123 Å². The minimum Gasteiger partial charge on any atom is -0.131 e. The quantitative estimate of drug-likeness (QED) is 0.323. The molecule has 0 aliphatic rings. The van der Waals surface area contributed by atoms with E-state index in [-0.39, 0.29) is 17.0 Å². The molecule has 0 aromatic rings. The molecule has 0 heterocycles. The van der Waals surface area contributed by atoms with Gasteiger partial charge in [-0.1, -0.05) is 66.2 Å². The molecule has 0 aliphatic heterocycles. The second-order valence-electron chi connectivity index (χ2n) is 5.25. The number of rotatable bonds is 10. The normalized spacial score (nSPS) is 13.2. The van der Waals surface area contributed by atoms with Crippen LogP contribution in [-0.4, -0.2) is 5.16 Å². The third-order valence-electron chi connectivity index (χ3n) is 4.28. The molecular formula is C15H34BrP. The van der Waals surface area contributed by atoms with Gasteiger partial charge in [0.25, 0.3) is 0 Å². The van der Waals surface area contributed by atoms with Crippen molar-refractivity contribution in [3.63, 3.8) is 0 Å². The fourth-order valence-corrected chi connectivity index (χ4v) is 3.12. The molecule has 0 saturated carbocycles. The second kappa shape index (κ2) is 12.0. The predicted octanol–water partition coefficient (Wildman–Crippen LogP) is 6.38. The van der Waals surface area contributed by atoms with Crippen LogP contribution in [0.1, 0.15) is 85.5 Å². The summed E-state index contributed by atoms with van der Waals surface area (Å²) in [5.74, 6) is 0.911. The topological polar surface area (TPSA) is 0 Å². The van der Waals surface area contributed by atoms with E-state index in [4.69, 9.17) is 0 Å². The summed E-state index contributed by atoms with van der Waals surface area (Å²) in [6, 6.07) is 0. The Hall–Kier alpha value is 0.910. The molecule has 0 amide bonds. The summed E-state index contributed by atoms with van der Waals surface area (Å²) in [4.78, 5) is 0. The average Bonchev–Trinajstić information content (AvgIpc) is 2.33. The zero-order valence-electron chi connectivity index (χ0n) is 12.4. The summed E-state index contributed by atoms with van der Waals surface area (Å²) >= 11 is 0. The van der Waals surface area contributed by atoms with Crippen molar-refractivity contribution in [2.75, 3.05) is 0 Å². The van der Waals surface area contributed by atoms with Gasteiger partial charge in [-0.3, -0.25) is 0 Å². The summed E-state index contributed by atoms with van der Waals surface area (Å²) in [5, 5.41) is 0.513. The van der Waals surface area contributed by atoms with Crippen LogP contribution in [0.25, 0.3) is 0 Å². The van der Waals surface area contributed by atoms with Crippen molar-refractivity contribution in [1.82, 2.24) is 0 Å². The van der Waals surface area contributed by atoms with E-state index in [2.05, 4.69) is 36.9 Å². The Morgan fingerprint density at radius 3 is 1.82 bits per heavy atom. The van der Waals surface area contributed by atoms with Crippen molar-refractivity contribution in [3.8, 4) is 0 Å². The van der Waals surface area contributed by atoms with E-state index in [1.165, 1.54) is 57.8 Å². The molecule has 2 heteroatoms. The molecule has 0 radical (unpaired) electrons. The van der Waals surface area contributed by atoms with Crippen molar-refractivity contribution in [2.45, 2.75) is 90.6 Å². The molecule has 0 N–H and O–H groups in total.